The Bertz CT molecular complexity index is 187. The molecular formula is C9H18N2O3. The van der Waals surface area contributed by atoms with Crippen LogP contribution in [0.15, 0.2) is 0 Å². The Hall–Kier alpha value is -0.650. The summed E-state index contributed by atoms with van der Waals surface area (Å²) in [5.41, 5.74) is 5.55. The van der Waals surface area contributed by atoms with E-state index in [4.69, 9.17) is 15.2 Å². The quantitative estimate of drug-likeness (QED) is 0.649. The summed E-state index contributed by atoms with van der Waals surface area (Å²) in [7, 11) is 0. The van der Waals surface area contributed by atoms with Crippen molar-refractivity contribution in [2.45, 2.75) is 13.0 Å². The van der Waals surface area contributed by atoms with E-state index in [9.17, 15) is 4.79 Å². The highest BCUT2D eigenvalue weighted by molar-refractivity contribution is 5.77. The molecule has 1 fully saturated rings. The number of hydrogen-bond donors (Lipinski definition) is 1. The van der Waals surface area contributed by atoms with Crippen LogP contribution in [0.1, 0.15) is 6.92 Å². The standard InChI is InChI=1S/C9H18N2O3/c1-2-13-7-9(12)11-3-4-14-6-8(11)5-10/h8H,2-7,10H2,1H3. The topological polar surface area (TPSA) is 64.8 Å². The monoisotopic (exact) mass is 202 g/mol. The molecular weight excluding hydrogens is 184 g/mol. The minimum Gasteiger partial charge on any atom is -0.377 e. The van der Waals surface area contributed by atoms with Gasteiger partial charge in [0.25, 0.3) is 0 Å². The van der Waals surface area contributed by atoms with Crippen LogP contribution in [0.3, 0.4) is 0 Å². The molecule has 0 spiro atoms. The highest BCUT2D eigenvalue weighted by Crippen LogP contribution is 2.06. The molecule has 5 heteroatoms. The largest absolute Gasteiger partial charge is 0.377 e. The molecule has 14 heavy (non-hydrogen) atoms. The fourth-order valence-electron chi connectivity index (χ4n) is 1.45. The van der Waals surface area contributed by atoms with Crippen molar-refractivity contribution in [2.75, 3.05) is 39.5 Å². The molecule has 0 radical (unpaired) electrons. The molecule has 1 unspecified atom stereocenters. The van der Waals surface area contributed by atoms with E-state index in [2.05, 4.69) is 0 Å². The number of nitrogens with zero attached hydrogens (tertiary/aromatic N) is 1. The molecule has 1 atom stereocenters. The molecule has 0 aromatic carbocycles. The smallest absolute Gasteiger partial charge is 0.249 e. The first-order valence-electron chi connectivity index (χ1n) is 4.94. The Labute approximate surface area is 84.1 Å². The molecule has 2 N–H and O–H groups in total. The van der Waals surface area contributed by atoms with E-state index in [1.54, 1.807) is 4.90 Å². The number of hydrogen-bond acceptors (Lipinski definition) is 4. The minimum atomic E-state index is 0.00519. The Kier molecular flexibility index (Phi) is 4.86. The highest BCUT2D eigenvalue weighted by atomic mass is 16.5. The predicted octanol–water partition coefficient (Wildman–Crippen LogP) is -0.791. The summed E-state index contributed by atoms with van der Waals surface area (Å²) in [6, 6.07) is 0.0108. The molecule has 0 aliphatic carbocycles. The summed E-state index contributed by atoms with van der Waals surface area (Å²) in [4.78, 5) is 13.4. The molecule has 1 amide bonds. The number of amides is 1. The molecule has 82 valence electrons. The van der Waals surface area contributed by atoms with Crippen LogP contribution in [-0.2, 0) is 14.3 Å². The van der Waals surface area contributed by atoms with Gasteiger partial charge in [-0.25, -0.2) is 0 Å². The van der Waals surface area contributed by atoms with Gasteiger partial charge in [-0.05, 0) is 6.92 Å². The Morgan fingerprint density at radius 2 is 2.50 bits per heavy atom. The fourth-order valence-corrected chi connectivity index (χ4v) is 1.45. The van der Waals surface area contributed by atoms with Gasteiger partial charge in [0, 0.05) is 19.7 Å². The van der Waals surface area contributed by atoms with Gasteiger partial charge >= 0.3 is 0 Å². The third kappa shape index (κ3) is 2.94. The normalized spacial score (nSPS) is 22.4. The maximum Gasteiger partial charge on any atom is 0.249 e. The predicted molar refractivity (Wildman–Crippen MR) is 51.9 cm³/mol. The van der Waals surface area contributed by atoms with Gasteiger partial charge in [-0.1, -0.05) is 0 Å². The first-order chi connectivity index (χ1) is 6.79. The Morgan fingerprint density at radius 1 is 1.71 bits per heavy atom. The molecule has 0 saturated carbocycles. The third-order valence-electron chi connectivity index (χ3n) is 2.25. The minimum absolute atomic E-state index is 0.00519. The zero-order valence-electron chi connectivity index (χ0n) is 8.57. The lowest BCUT2D eigenvalue weighted by atomic mass is 10.2. The summed E-state index contributed by atoms with van der Waals surface area (Å²) in [5, 5.41) is 0. The van der Waals surface area contributed by atoms with Crippen LogP contribution in [0.2, 0.25) is 0 Å². The van der Waals surface area contributed by atoms with Crippen LogP contribution in [0.4, 0.5) is 0 Å². The van der Waals surface area contributed by atoms with E-state index in [1.165, 1.54) is 0 Å². The van der Waals surface area contributed by atoms with Crippen molar-refractivity contribution >= 4 is 5.91 Å². The van der Waals surface area contributed by atoms with Crippen molar-refractivity contribution in [2.24, 2.45) is 5.73 Å². The Morgan fingerprint density at radius 3 is 3.14 bits per heavy atom. The number of nitrogens with two attached hydrogens (primary N) is 1. The van der Waals surface area contributed by atoms with E-state index in [1.807, 2.05) is 6.92 Å². The first kappa shape index (κ1) is 11.4. The van der Waals surface area contributed by atoms with Gasteiger partial charge in [-0.2, -0.15) is 0 Å². The van der Waals surface area contributed by atoms with E-state index < -0.39 is 0 Å². The van der Waals surface area contributed by atoms with Crippen LogP contribution in [0, 0.1) is 0 Å². The van der Waals surface area contributed by atoms with Gasteiger partial charge in [0.2, 0.25) is 5.91 Å². The lowest BCUT2D eigenvalue weighted by Gasteiger charge is -2.34. The lowest BCUT2D eigenvalue weighted by Crippen LogP contribution is -2.53. The lowest BCUT2D eigenvalue weighted by molar-refractivity contribution is -0.144. The maximum absolute atomic E-state index is 11.6. The van der Waals surface area contributed by atoms with Gasteiger partial charge in [0.1, 0.15) is 6.61 Å². The van der Waals surface area contributed by atoms with E-state index in [-0.39, 0.29) is 18.6 Å². The van der Waals surface area contributed by atoms with Crippen molar-refractivity contribution < 1.29 is 14.3 Å². The second-order valence-corrected chi connectivity index (χ2v) is 3.19. The van der Waals surface area contributed by atoms with Crippen molar-refractivity contribution in [3.63, 3.8) is 0 Å². The fraction of sp³-hybridized carbons (Fsp3) is 0.889. The summed E-state index contributed by atoms with van der Waals surface area (Å²) in [6.07, 6.45) is 0. The number of ether oxygens (including phenoxy) is 2. The zero-order chi connectivity index (χ0) is 10.4. The van der Waals surface area contributed by atoms with Crippen molar-refractivity contribution in [3.05, 3.63) is 0 Å². The summed E-state index contributed by atoms with van der Waals surface area (Å²) >= 11 is 0. The van der Waals surface area contributed by atoms with Crippen molar-refractivity contribution in [1.29, 1.82) is 0 Å². The van der Waals surface area contributed by atoms with Crippen LogP contribution in [0.25, 0.3) is 0 Å². The Balaban J connectivity index is 2.41. The third-order valence-corrected chi connectivity index (χ3v) is 2.25. The van der Waals surface area contributed by atoms with Crippen LogP contribution < -0.4 is 5.73 Å². The average molecular weight is 202 g/mol. The highest BCUT2D eigenvalue weighted by Gasteiger charge is 2.25. The van der Waals surface area contributed by atoms with Gasteiger partial charge in [-0.3, -0.25) is 4.79 Å². The van der Waals surface area contributed by atoms with E-state index >= 15 is 0 Å². The van der Waals surface area contributed by atoms with Gasteiger partial charge < -0.3 is 20.1 Å². The molecule has 1 aliphatic rings. The van der Waals surface area contributed by atoms with Crippen LogP contribution in [0.5, 0.6) is 0 Å². The molecule has 0 aromatic rings. The molecule has 1 saturated heterocycles. The number of carbonyl (C=O) groups excluding carboxylic acids is 1. The molecule has 1 heterocycles. The SMILES string of the molecule is CCOCC(=O)N1CCOCC1CN. The molecule has 0 bridgehead atoms. The summed E-state index contributed by atoms with van der Waals surface area (Å²) < 4.78 is 10.3. The molecule has 1 aliphatic heterocycles. The first-order valence-corrected chi connectivity index (χ1v) is 4.94. The van der Waals surface area contributed by atoms with Crippen molar-refractivity contribution in [3.8, 4) is 0 Å². The summed E-state index contributed by atoms with van der Waals surface area (Å²) in [6.45, 7) is 4.76. The zero-order valence-corrected chi connectivity index (χ0v) is 8.57. The average Bonchev–Trinajstić information content (AvgIpc) is 2.25. The van der Waals surface area contributed by atoms with Crippen molar-refractivity contribution in [1.82, 2.24) is 4.90 Å². The van der Waals surface area contributed by atoms with Crippen LogP contribution in [-0.4, -0.2) is 56.4 Å². The van der Waals surface area contributed by atoms with E-state index in [0.717, 1.165) is 0 Å². The second-order valence-electron chi connectivity index (χ2n) is 3.19. The molecule has 5 nitrogen and oxygen atoms in total. The van der Waals surface area contributed by atoms with Crippen LogP contribution >= 0.6 is 0 Å². The summed E-state index contributed by atoms with van der Waals surface area (Å²) in [5.74, 6) is 0.00519. The van der Waals surface area contributed by atoms with E-state index in [0.29, 0.717) is 32.9 Å². The van der Waals surface area contributed by atoms with Gasteiger partial charge in [-0.15, -0.1) is 0 Å². The molecule has 1 rings (SSSR count). The molecule has 0 aromatic heterocycles. The number of rotatable bonds is 4. The number of carbonyl (C=O) groups is 1. The second kappa shape index (κ2) is 5.95. The van der Waals surface area contributed by atoms with Gasteiger partial charge in [0.15, 0.2) is 0 Å². The number of morpholine rings is 1. The maximum atomic E-state index is 11.6. The van der Waals surface area contributed by atoms with Gasteiger partial charge in [0.05, 0.1) is 19.3 Å².